The molecule has 0 saturated carbocycles. The van der Waals surface area contributed by atoms with Crippen LogP contribution in [0.4, 0.5) is 11.4 Å². The molecule has 0 atom stereocenters. The maximum atomic E-state index is 12.1. The molecule has 0 radical (unpaired) electrons. The smallest absolute Gasteiger partial charge is 0.246 e. The number of rotatable bonds is 6. The topological polar surface area (TPSA) is 92.5 Å². The Hall–Kier alpha value is -3.46. The van der Waals surface area contributed by atoms with E-state index in [0.717, 1.165) is 41.2 Å². The minimum absolute atomic E-state index is 0.157. The number of benzene rings is 2. The van der Waals surface area contributed by atoms with Gasteiger partial charge in [0.05, 0.1) is 13.7 Å². The lowest BCUT2D eigenvalue weighted by Gasteiger charge is -2.20. The number of aromatic nitrogens is 2. The number of nitrogens with one attached hydrogen (secondary N) is 2. The summed E-state index contributed by atoms with van der Waals surface area (Å²) in [6, 6.07) is 13.3. The number of hydrogen-bond acceptors (Lipinski definition) is 6. The van der Waals surface area contributed by atoms with Crippen LogP contribution in [0.5, 0.6) is 5.75 Å². The van der Waals surface area contributed by atoms with Gasteiger partial charge < -0.3 is 24.8 Å². The van der Waals surface area contributed by atoms with Gasteiger partial charge in [0.2, 0.25) is 17.6 Å². The first-order valence-corrected chi connectivity index (χ1v) is 10.4. The van der Waals surface area contributed by atoms with E-state index in [0.29, 0.717) is 23.2 Å². The zero-order valence-corrected chi connectivity index (χ0v) is 18.2. The molecule has 2 heterocycles. The summed E-state index contributed by atoms with van der Waals surface area (Å²) in [5.74, 6) is 1.77. The van der Waals surface area contributed by atoms with Gasteiger partial charge in [-0.15, -0.1) is 0 Å². The van der Waals surface area contributed by atoms with Crippen LogP contribution >= 0.6 is 12.2 Å². The lowest BCUT2D eigenvalue weighted by Crippen LogP contribution is -2.28. The van der Waals surface area contributed by atoms with Crippen LogP contribution in [-0.4, -0.2) is 34.8 Å². The maximum Gasteiger partial charge on any atom is 0.246 e. The van der Waals surface area contributed by atoms with Gasteiger partial charge in [0.1, 0.15) is 5.75 Å². The Morgan fingerprint density at radius 2 is 2.16 bits per heavy atom. The molecule has 4 rings (SSSR count). The van der Waals surface area contributed by atoms with E-state index in [1.807, 2.05) is 54.3 Å². The Morgan fingerprint density at radius 3 is 2.94 bits per heavy atom. The van der Waals surface area contributed by atoms with E-state index in [4.69, 9.17) is 21.5 Å². The lowest BCUT2D eigenvalue weighted by atomic mass is 10.1. The summed E-state index contributed by atoms with van der Waals surface area (Å²) in [4.78, 5) is 18.3. The van der Waals surface area contributed by atoms with Gasteiger partial charge in [-0.3, -0.25) is 4.79 Å². The number of amides is 1. The summed E-state index contributed by atoms with van der Waals surface area (Å²) in [6.07, 6.45) is 1.48. The zero-order valence-electron chi connectivity index (χ0n) is 17.3. The number of hydrogen-bond donors (Lipinski definition) is 2. The van der Waals surface area contributed by atoms with Crippen LogP contribution in [0.3, 0.4) is 0 Å². The molecule has 1 aliphatic heterocycles. The summed E-state index contributed by atoms with van der Waals surface area (Å²) < 4.78 is 10.5. The largest absolute Gasteiger partial charge is 0.497 e. The van der Waals surface area contributed by atoms with Crippen molar-refractivity contribution in [2.24, 2.45) is 0 Å². The number of aryl methyl sites for hydroxylation is 1. The summed E-state index contributed by atoms with van der Waals surface area (Å²) in [5.41, 5.74) is 3.57. The molecule has 8 nitrogen and oxygen atoms in total. The molecule has 1 fully saturated rings. The molecule has 1 aliphatic rings. The van der Waals surface area contributed by atoms with Gasteiger partial charge >= 0.3 is 0 Å². The van der Waals surface area contributed by atoms with Crippen LogP contribution in [0.2, 0.25) is 0 Å². The Kier molecular flexibility index (Phi) is 6.13. The fraction of sp³-hybridized carbons (Fsp3) is 0.273. The average molecular weight is 438 g/mol. The molecule has 3 aromatic rings. The van der Waals surface area contributed by atoms with Crippen molar-refractivity contribution < 1.29 is 14.1 Å². The average Bonchev–Trinajstić information content (AvgIpc) is 3.43. The van der Waals surface area contributed by atoms with E-state index in [2.05, 4.69) is 20.8 Å². The molecule has 2 N–H and O–H groups in total. The van der Waals surface area contributed by atoms with E-state index in [1.165, 1.54) is 0 Å². The van der Waals surface area contributed by atoms with Crippen LogP contribution in [-0.2, 0) is 11.3 Å². The minimum atomic E-state index is 0.157. The standard InChI is InChI=1S/C22H23N5O3S/c1-14-8-9-16(12-18(14)27-10-4-7-20(27)28)24-22(31)23-13-19-25-21(26-30-19)15-5-3-6-17(11-15)29-2/h3,5-6,8-9,11-12H,4,7,10,13H2,1-2H3,(H2,23,24,31). The predicted molar refractivity (Wildman–Crippen MR) is 122 cm³/mol. The van der Waals surface area contributed by atoms with E-state index in [9.17, 15) is 4.79 Å². The number of nitrogens with zero attached hydrogens (tertiary/aromatic N) is 3. The quantitative estimate of drug-likeness (QED) is 0.565. The van der Waals surface area contributed by atoms with Crippen molar-refractivity contribution in [2.45, 2.75) is 26.3 Å². The molecule has 0 bridgehead atoms. The molecule has 160 valence electrons. The van der Waals surface area contributed by atoms with Crippen molar-refractivity contribution in [3.8, 4) is 17.1 Å². The summed E-state index contributed by atoms with van der Waals surface area (Å²) in [6.45, 7) is 3.03. The normalized spacial score (nSPS) is 13.4. The third-order valence-electron chi connectivity index (χ3n) is 5.03. The van der Waals surface area contributed by atoms with Crippen molar-refractivity contribution in [1.29, 1.82) is 0 Å². The SMILES string of the molecule is COc1cccc(-c2noc(CNC(=S)Nc3ccc(C)c(N4CCCC4=O)c3)n2)c1. The Labute approximate surface area is 185 Å². The van der Waals surface area contributed by atoms with E-state index >= 15 is 0 Å². The van der Waals surface area contributed by atoms with E-state index in [1.54, 1.807) is 7.11 Å². The van der Waals surface area contributed by atoms with Crippen LogP contribution in [0.15, 0.2) is 47.0 Å². The van der Waals surface area contributed by atoms with Crippen LogP contribution in [0.1, 0.15) is 24.3 Å². The Morgan fingerprint density at radius 1 is 1.29 bits per heavy atom. The number of thiocarbonyl (C=S) groups is 1. The number of anilines is 2. The Bertz CT molecular complexity index is 1110. The van der Waals surface area contributed by atoms with Crippen LogP contribution in [0.25, 0.3) is 11.4 Å². The van der Waals surface area contributed by atoms with Crippen molar-refractivity contribution in [1.82, 2.24) is 15.5 Å². The molecular formula is C22H23N5O3S. The molecule has 1 saturated heterocycles. The Balaban J connectivity index is 1.37. The van der Waals surface area contributed by atoms with Gasteiger partial charge in [-0.1, -0.05) is 23.4 Å². The molecule has 1 aromatic heterocycles. The van der Waals surface area contributed by atoms with Gasteiger partial charge in [0, 0.05) is 29.9 Å². The first-order valence-electron chi connectivity index (χ1n) is 9.96. The molecule has 31 heavy (non-hydrogen) atoms. The van der Waals surface area contributed by atoms with Crippen LogP contribution < -0.4 is 20.3 Å². The number of carbonyl (C=O) groups excluding carboxylic acids is 1. The molecule has 0 aliphatic carbocycles. The van der Waals surface area contributed by atoms with Crippen molar-refractivity contribution >= 4 is 34.6 Å². The maximum absolute atomic E-state index is 12.1. The van der Waals surface area contributed by atoms with Crippen molar-refractivity contribution in [2.75, 3.05) is 23.9 Å². The molecule has 0 spiro atoms. The first kappa shape index (κ1) is 20.8. The molecule has 2 aromatic carbocycles. The third kappa shape index (κ3) is 4.83. The fourth-order valence-corrected chi connectivity index (χ4v) is 3.61. The fourth-order valence-electron chi connectivity index (χ4n) is 3.42. The molecule has 9 heteroatoms. The van der Waals surface area contributed by atoms with Crippen molar-refractivity contribution in [3.63, 3.8) is 0 Å². The number of carbonyl (C=O) groups is 1. The lowest BCUT2D eigenvalue weighted by molar-refractivity contribution is -0.117. The summed E-state index contributed by atoms with van der Waals surface area (Å²) in [7, 11) is 1.61. The summed E-state index contributed by atoms with van der Waals surface area (Å²) >= 11 is 5.39. The van der Waals surface area contributed by atoms with Gasteiger partial charge in [-0.05, 0) is 55.4 Å². The highest BCUT2D eigenvalue weighted by atomic mass is 32.1. The van der Waals surface area contributed by atoms with Gasteiger partial charge in [0.15, 0.2) is 5.11 Å². The second kappa shape index (κ2) is 9.13. The number of ether oxygens (including phenoxy) is 1. The first-order chi connectivity index (χ1) is 15.0. The van der Waals surface area contributed by atoms with Gasteiger partial charge in [-0.25, -0.2) is 0 Å². The highest BCUT2D eigenvalue weighted by Gasteiger charge is 2.23. The second-order valence-electron chi connectivity index (χ2n) is 7.20. The number of methoxy groups -OCH3 is 1. The predicted octanol–water partition coefficient (Wildman–Crippen LogP) is 3.67. The molecular weight excluding hydrogens is 414 g/mol. The van der Waals surface area contributed by atoms with Gasteiger partial charge in [0.25, 0.3) is 0 Å². The monoisotopic (exact) mass is 437 g/mol. The minimum Gasteiger partial charge on any atom is -0.497 e. The van der Waals surface area contributed by atoms with Gasteiger partial charge in [-0.2, -0.15) is 4.98 Å². The zero-order chi connectivity index (χ0) is 21.8. The van der Waals surface area contributed by atoms with E-state index in [-0.39, 0.29) is 12.5 Å². The second-order valence-corrected chi connectivity index (χ2v) is 7.61. The molecule has 0 unspecified atom stereocenters. The molecule has 1 amide bonds. The highest BCUT2D eigenvalue weighted by Crippen LogP contribution is 2.28. The van der Waals surface area contributed by atoms with Crippen LogP contribution in [0, 0.1) is 6.92 Å². The highest BCUT2D eigenvalue weighted by molar-refractivity contribution is 7.80. The van der Waals surface area contributed by atoms with E-state index < -0.39 is 0 Å². The van der Waals surface area contributed by atoms with Crippen molar-refractivity contribution in [3.05, 3.63) is 53.9 Å². The third-order valence-corrected chi connectivity index (χ3v) is 5.27. The summed E-state index contributed by atoms with van der Waals surface area (Å²) in [5, 5.41) is 10.6.